The second-order valence-corrected chi connectivity index (χ2v) is 8.86. The standard InChI is InChI=1S/C25H37NO5/c1-3-5-10-14-24(29,4-2)15-13-21-20(19-26)18-25(30-16-17-31-25)22(21)11-8-6-7-9-12-23(27)28/h2,13,15,20-22,29H,3,5-12,14,16-18H2,1H3,(H,27,28)/t20-,21-,22+,24?/m1/s1. The summed E-state index contributed by atoms with van der Waals surface area (Å²) in [6, 6.07) is 2.42. The lowest BCUT2D eigenvalue weighted by atomic mass is 9.83. The van der Waals surface area contributed by atoms with Gasteiger partial charge in [-0.15, -0.1) is 6.42 Å². The number of carbonyl (C=O) groups is 1. The Balaban J connectivity index is 2.08. The SMILES string of the molecule is C#CC(O)(C=C[C@@H]1[C@@H](C#N)CC2(OCCO2)[C@H]1CCCCCCC(=O)O)CCCCC. The summed E-state index contributed by atoms with van der Waals surface area (Å²) in [6.07, 6.45) is 17.6. The third kappa shape index (κ3) is 7.07. The third-order valence-corrected chi connectivity index (χ3v) is 6.60. The molecule has 0 aromatic heterocycles. The van der Waals surface area contributed by atoms with Crippen LogP contribution in [0.2, 0.25) is 0 Å². The first kappa shape index (κ1) is 25.4. The molecular weight excluding hydrogens is 394 g/mol. The first-order chi connectivity index (χ1) is 14.9. The first-order valence-electron chi connectivity index (χ1n) is 11.7. The maximum atomic E-state index is 10.8. The van der Waals surface area contributed by atoms with Crippen LogP contribution >= 0.6 is 0 Å². The Hall–Kier alpha value is -1.86. The molecule has 0 aromatic carbocycles. The van der Waals surface area contributed by atoms with Crippen LogP contribution in [-0.2, 0) is 14.3 Å². The molecule has 0 aromatic rings. The number of rotatable bonds is 13. The molecule has 4 atom stereocenters. The van der Waals surface area contributed by atoms with Gasteiger partial charge < -0.3 is 19.7 Å². The van der Waals surface area contributed by atoms with Crippen LogP contribution in [0, 0.1) is 41.4 Å². The summed E-state index contributed by atoms with van der Waals surface area (Å²) in [5.41, 5.74) is -1.30. The van der Waals surface area contributed by atoms with Crippen molar-refractivity contribution < 1.29 is 24.5 Å². The topological polar surface area (TPSA) is 99.8 Å². The van der Waals surface area contributed by atoms with E-state index < -0.39 is 17.4 Å². The zero-order valence-corrected chi connectivity index (χ0v) is 18.7. The molecule has 1 unspecified atom stereocenters. The number of terminal acetylenes is 1. The molecule has 1 aliphatic heterocycles. The maximum Gasteiger partial charge on any atom is 0.303 e. The molecule has 2 fully saturated rings. The summed E-state index contributed by atoms with van der Waals surface area (Å²) in [7, 11) is 0. The van der Waals surface area contributed by atoms with Gasteiger partial charge in [-0.1, -0.05) is 51.0 Å². The Morgan fingerprint density at radius 2 is 1.94 bits per heavy atom. The van der Waals surface area contributed by atoms with Crippen molar-refractivity contribution in [2.45, 2.75) is 88.9 Å². The highest BCUT2D eigenvalue weighted by Gasteiger charge is 2.56. The highest BCUT2D eigenvalue weighted by Crippen LogP contribution is 2.51. The Bertz CT molecular complexity index is 685. The van der Waals surface area contributed by atoms with Gasteiger partial charge in [0.05, 0.1) is 25.2 Å². The number of unbranched alkanes of at least 4 members (excludes halogenated alkanes) is 5. The average Bonchev–Trinajstić information content (AvgIpc) is 3.34. The normalized spacial score (nSPS) is 26.6. The molecule has 0 amide bonds. The summed E-state index contributed by atoms with van der Waals surface area (Å²) in [4.78, 5) is 10.7. The van der Waals surface area contributed by atoms with Gasteiger partial charge in [0.15, 0.2) is 5.79 Å². The smallest absolute Gasteiger partial charge is 0.303 e. The van der Waals surface area contributed by atoms with Crippen molar-refractivity contribution in [2.75, 3.05) is 13.2 Å². The number of nitriles is 1. The van der Waals surface area contributed by atoms with Crippen LogP contribution in [0.3, 0.4) is 0 Å². The van der Waals surface area contributed by atoms with Gasteiger partial charge in [0.2, 0.25) is 0 Å². The molecule has 31 heavy (non-hydrogen) atoms. The Kier molecular flexibility index (Phi) is 10.0. The minimum atomic E-state index is -1.30. The third-order valence-electron chi connectivity index (χ3n) is 6.60. The number of aliphatic carboxylic acids is 1. The van der Waals surface area contributed by atoms with E-state index in [0.29, 0.717) is 32.5 Å². The Morgan fingerprint density at radius 3 is 2.55 bits per heavy atom. The maximum absolute atomic E-state index is 10.8. The van der Waals surface area contributed by atoms with E-state index in [1.54, 1.807) is 6.08 Å². The van der Waals surface area contributed by atoms with Crippen LogP contribution in [0.1, 0.15) is 77.6 Å². The van der Waals surface area contributed by atoms with Gasteiger partial charge >= 0.3 is 5.97 Å². The minimum Gasteiger partial charge on any atom is -0.481 e. The average molecular weight is 432 g/mol. The van der Waals surface area contributed by atoms with Crippen LogP contribution in [0.15, 0.2) is 12.2 Å². The van der Waals surface area contributed by atoms with Gasteiger partial charge in [-0.05, 0) is 31.8 Å². The van der Waals surface area contributed by atoms with Crippen molar-refractivity contribution >= 4 is 5.97 Å². The lowest BCUT2D eigenvalue weighted by Crippen LogP contribution is -2.36. The van der Waals surface area contributed by atoms with Crippen LogP contribution in [0.5, 0.6) is 0 Å². The minimum absolute atomic E-state index is 0.00744. The van der Waals surface area contributed by atoms with Gasteiger partial charge in [-0.2, -0.15) is 5.26 Å². The van der Waals surface area contributed by atoms with E-state index in [4.69, 9.17) is 21.0 Å². The van der Waals surface area contributed by atoms with Crippen molar-refractivity contribution in [1.29, 1.82) is 5.26 Å². The van der Waals surface area contributed by atoms with Gasteiger partial charge in [-0.3, -0.25) is 4.79 Å². The van der Waals surface area contributed by atoms with E-state index >= 15 is 0 Å². The zero-order valence-electron chi connectivity index (χ0n) is 18.7. The van der Waals surface area contributed by atoms with Crippen molar-refractivity contribution in [2.24, 2.45) is 17.8 Å². The van der Waals surface area contributed by atoms with Crippen LogP contribution in [0.4, 0.5) is 0 Å². The summed E-state index contributed by atoms with van der Waals surface area (Å²) in [5, 5.41) is 29.4. The lowest BCUT2D eigenvalue weighted by molar-refractivity contribution is -0.186. The zero-order chi connectivity index (χ0) is 22.7. The summed E-state index contributed by atoms with van der Waals surface area (Å²) in [5.74, 6) is 0.662. The molecule has 1 heterocycles. The first-order valence-corrected chi connectivity index (χ1v) is 11.7. The molecular formula is C25H37NO5. The van der Waals surface area contributed by atoms with E-state index in [2.05, 4.69) is 18.9 Å². The van der Waals surface area contributed by atoms with Crippen molar-refractivity contribution in [3.63, 3.8) is 0 Å². The molecule has 2 aliphatic rings. The largest absolute Gasteiger partial charge is 0.481 e. The van der Waals surface area contributed by atoms with Gasteiger partial charge in [-0.25, -0.2) is 0 Å². The number of carboxylic acids is 1. The van der Waals surface area contributed by atoms with Crippen molar-refractivity contribution in [1.82, 2.24) is 0 Å². The molecule has 1 spiro atoms. The number of hydrogen-bond acceptors (Lipinski definition) is 5. The number of aliphatic hydroxyl groups is 1. The van der Waals surface area contributed by atoms with E-state index in [1.807, 2.05) is 6.08 Å². The predicted octanol–water partition coefficient (Wildman–Crippen LogP) is 4.43. The van der Waals surface area contributed by atoms with E-state index in [0.717, 1.165) is 44.9 Å². The highest BCUT2D eigenvalue weighted by molar-refractivity contribution is 5.66. The molecule has 6 nitrogen and oxygen atoms in total. The molecule has 0 bridgehead atoms. The fourth-order valence-corrected chi connectivity index (χ4v) is 4.89. The monoisotopic (exact) mass is 431 g/mol. The van der Waals surface area contributed by atoms with E-state index in [1.165, 1.54) is 0 Å². The number of hydrogen-bond donors (Lipinski definition) is 2. The second-order valence-electron chi connectivity index (χ2n) is 8.86. The van der Waals surface area contributed by atoms with Crippen LogP contribution < -0.4 is 0 Å². The van der Waals surface area contributed by atoms with E-state index in [-0.39, 0.29) is 24.2 Å². The number of ether oxygens (including phenoxy) is 2. The van der Waals surface area contributed by atoms with Crippen molar-refractivity contribution in [3.8, 4) is 18.4 Å². The predicted molar refractivity (Wildman–Crippen MR) is 118 cm³/mol. The fourth-order valence-electron chi connectivity index (χ4n) is 4.89. The Labute approximate surface area is 186 Å². The quantitative estimate of drug-likeness (QED) is 0.254. The molecule has 6 heteroatoms. The number of carboxylic acid groups (broad SMARTS) is 1. The molecule has 0 radical (unpaired) electrons. The number of nitrogens with zero attached hydrogens (tertiary/aromatic N) is 1. The molecule has 1 saturated carbocycles. The molecule has 2 N–H and O–H groups in total. The van der Waals surface area contributed by atoms with Gasteiger partial charge in [0.25, 0.3) is 0 Å². The van der Waals surface area contributed by atoms with Crippen LogP contribution in [-0.4, -0.2) is 40.8 Å². The highest BCUT2D eigenvalue weighted by atomic mass is 16.7. The molecule has 1 aliphatic carbocycles. The van der Waals surface area contributed by atoms with Crippen molar-refractivity contribution in [3.05, 3.63) is 12.2 Å². The summed E-state index contributed by atoms with van der Waals surface area (Å²) < 4.78 is 12.1. The van der Waals surface area contributed by atoms with Gasteiger partial charge in [0, 0.05) is 24.7 Å². The lowest BCUT2D eigenvalue weighted by Gasteiger charge is -2.31. The Morgan fingerprint density at radius 1 is 1.23 bits per heavy atom. The van der Waals surface area contributed by atoms with Gasteiger partial charge in [0.1, 0.15) is 5.60 Å². The van der Waals surface area contributed by atoms with Crippen LogP contribution in [0.25, 0.3) is 0 Å². The summed E-state index contributed by atoms with van der Waals surface area (Å²) >= 11 is 0. The fraction of sp³-hybridized carbons (Fsp3) is 0.760. The summed E-state index contributed by atoms with van der Waals surface area (Å²) in [6.45, 7) is 3.15. The number of allylic oxidation sites excluding steroid dienone is 1. The molecule has 1 saturated heterocycles. The molecule has 172 valence electrons. The van der Waals surface area contributed by atoms with E-state index in [9.17, 15) is 15.2 Å². The second kappa shape index (κ2) is 12.2. The molecule has 2 rings (SSSR count).